The molecule has 0 unspecified atom stereocenters. The lowest BCUT2D eigenvalue weighted by molar-refractivity contribution is 0.0953. The van der Waals surface area contributed by atoms with Crippen LogP contribution in [0.5, 0.6) is 0 Å². The Labute approximate surface area is 213 Å². The van der Waals surface area contributed by atoms with Gasteiger partial charge in [0.25, 0.3) is 5.91 Å². The minimum Gasteiger partial charge on any atom is -0.352 e. The third-order valence-corrected chi connectivity index (χ3v) is 6.91. The molecule has 2 aromatic carbocycles. The first-order valence-corrected chi connectivity index (χ1v) is 14.0. The molecule has 4 nitrogen and oxygen atoms in total. The van der Waals surface area contributed by atoms with Crippen molar-refractivity contribution in [1.29, 1.82) is 0 Å². The van der Waals surface area contributed by atoms with Crippen LogP contribution >= 0.6 is 15.9 Å². The first-order chi connectivity index (χ1) is 16.7. The summed E-state index contributed by atoms with van der Waals surface area (Å²) in [5.74, 6) is 1.11. The predicted octanol–water partition coefficient (Wildman–Crippen LogP) is 8.08. The molecule has 5 heteroatoms. The van der Waals surface area contributed by atoms with Gasteiger partial charge in [-0.1, -0.05) is 98.8 Å². The fraction of sp³-hybridized carbons (Fsp3) is 0.517. The van der Waals surface area contributed by atoms with Gasteiger partial charge < -0.3 is 9.88 Å². The maximum atomic E-state index is 12.4. The van der Waals surface area contributed by atoms with Gasteiger partial charge in [0.05, 0.1) is 11.0 Å². The molecule has 3 rings (SSSR count). The Morgan fingerprint density at radius 2 is 1.59 bits per heavy atom. The molecule has 0 radical (unpaired) electrons. The molecule has 0 fully saturated rings. The predicted molar refractivity (Wildman–Crippen MR) is 146 cm³/mol. The molecular weight excluding hydrogens is 486 g/mol. The number of hydrogen-bond donors (Lipinski definition) is 1. The number of amides is 1. The lowest BCUT2D eigenvalue weighted by Crippen LogP contribution is -2.25. The van der Waals surface area contributed by atoms with E-state index in [9.17, 15) is 4.79 Å². The first kappa shape index (κ1) is 26.5. The quantitative estimate of drug-likeness (QED) is 0.192. The molecule has 1 amide bonds. The van der Waals surface area contributed by atoms with Gasteiger partial charge in [0.15, 0.2) is 0 Å². The van der Waals surface area contributed by atoms with Crippen molar-refractivity contribution in [3.05, 3.63) is 64.4 Å². The lowest BCUT2D eigenvalue weighted by atomic mass is 10.1. The SMILES string of the molecule is CCCCCCCCCCCCn1c(CCCNC(=O)c2cccc(Br)c2)nc2ccccc21. The summed E-state index contributed by atoms with van der Waals surface area (Å²) in [6.07, 6.45) is 15.2. The van der Waals surface area contributed by atoms with Crippen molar-refractivity contribution in [3.8, 4) is 0 Å². The molecule has 0 bridgehead atoms. The van der Waals surface area contributed by atoms with Gasteiger partial charge in [-0.3, -0.25) is 4.79 Å². The van der Waals surface area contributed by atoms with Crippen molar-refractivity contribution in [2.24, 2.45) is 0 Å². The van der Waals surface area contributed by atoms with E-state index in [0.717, 1.165) is 35.2 Å². The van der Waals surface area contributed by atoms with Gasteiger partial charge in [0.2, 0.25) is 0 Å². The number of aromatic nitrogens is 2. The number of nitrogens with zero attached hydrogens (tertiary/aromatic N) is 2. The number of carbonyl (C=O) groups excluding carboxylic acids is 1. The number of unbranched alkanes of at least 4 members (excludes halogenated alkanes) is 9. The third-order valence-electron chi connectivity index (χ3n) is 6.42. The van der Waals surface area contributed by atoms with E-state index in [1.54, 1.807) is 0 Å². The molecular formula is C29H40BrN3O. The van der Waals surface area contributed by atoms with Crippen molar-refractivity contribution < 1.29 is 4.79 Å². The number of para-hydroxylation sites is 2. The molecule has 0 aliphatic heterocycles. The molecule has 1 aromatic heterocycles. The minimum atomic E-state index is -0.0276. The van der Waals surface area contributed by atoms with Crippen LogP contribution in [-0.4, -0.2) is 22.0 Å². The smallest absolute Gasteiger partial charge is 0.251 e. The standard InChI is InChI=1S/C29H40BrN3O/c1-2-3-4-5-6-7-8-9-10-13-22-33-27-19-12-11-18-26(27)32-28(33)20-15-21-31-29(34)24-16-14-17-25(30)23-24/h11-12,14,16-19,23H,2-10,13,15,20-22H2,1H3,(H,31,34). The van der Waals surface area contributed by atoms with Gasteiger partial charge in [-0.25, -0.2) is 4.98 Å². The monoisotopic (exact) mass is 525 g/mol. The summed E-state index contributed by atoms with van der Waals surface area (Å²) < 4.78 is 3.32. The van der Waals surface area contributed by atoms with Crippen LogP contribution in [0.15, 0.2) is 53.0 Å². The van der Waals surface area contributed by atoms with Gasteiger partial charge in [0, 0.05) is 29.5 Å². The Morgan fingerprint density at radius 1 is 0.882 bits per heavy atom. The van der Waals surface area contributed by atoms with E-state index in [2.05, 4.69) is 57.0 Å². The van der Waals surface area contributed by atoms with Gasteiger partial charge in [-0.2, -0.15) is 0 Å². The van der Waals surface area contributed by atoms with E-state index >= 15 is 0 Å². The number of imidazole rings is 1. The number of rotatable bonds is 16. The van der Waals surface area contributed by atoms with Gasteiger partial charge >= 0.3 is 0 Å². The van der Waals surface area contributed by atoms with E-state index in [1.807, 2.05) is 24.3 Å². The summed E-state index contributed by atoms with van der Waals surface area (Å²) >= 11 is 3.43. The normalized spacial score (nSPS) is 11.2. The number of fused-ring (bicyclic) bond motifs is 1. The summed E-state index contributed by atoms with van der Waals surface area (Å²) in [7, 11) is 0. The first-order valence-electron chi connectivity index (χ1n) is 13.2. The van der Waals surface area contributed by atoms with Crippen LogP contribution in [0.4, 0.5) is 0 Å². The summed E-state index contributed by atoms with van der Waals surface area (Å²) in [6.45, 7) is 3.95. The Kier molecular flexibility index (Phi) is 11.7. The zero-order valence-corrected chi connectivity index (χ0v) is 22.3. The second-order valence-corrected chi connectivity index (χ2v) is 10.1. The van der Waals surface area contributed by atoms with Crippen LogP contribution in [0.25, 0.3) is 11.0 Å². The van der Waals surface area contributed by atoms with Gasteiger partial charge in [0.1, 0.15) is 5.82 Å². The largest absolute Gasteiger partial charge is 0.352 e. The van der Waals surface area contributed by atoms with E-state index in [1.165, 1.54) is 69.7 Å². The Morgan fingerprint density at radius 3 is 2.32 bits per heavy atom. The highest BCUT2D eigenvalue weighted by atomic mass is 79.9. The maximum Gasteiger partial charge on any atom is 0.251 e. The molecule has 0 spiro atoms. The molecule has 0 saturated heterocycles. The van der Waals surface area contributed by atoms with Crippen molar-refractivity contribution >= 4 is 32.9 Å². The fourth-order valence-electron chi connectivity index (χ4n) is 4.50. The zero-order chi connectivity index (χ0) is 24.0. The average molecular weight is 527 g/mol. The van der Waals surface area contributed by atoms with Crippen molar-refractivity contribution in [2.75, 3.05) is 6.54 Å². The summed E-state index contributed by atoms with van der Waals surface area (Å²) in [5, 5.41) is 3.04. The van der Waals surface area contributed by atoms with Crippen molar-refractivity contribution in [1.82, 2.24) is 14.9 Å². The molecule has 184 valence electrons. The van der Waals surface area contributed by atoms with Crippen LogP contribution in [0.2, 0.25) is 0 Å². The zero-order valence-electron chi connectivity index (χ0n) is 20.7. The average Bonchev–Trinajstić information content (AvgIpc) is 3.20. The fourth-order valence-corrected chi connectivity index (χ4v) is 4.90. The summed E-state index contributed by atoms with van der Waals surface area (Å²) in [5.41, 5.74) is 2.98. The van der Waals surface area contributed by atoms with Crippen LogP contribution in [0, 0.1) is 0 Å². The number of benzene rings is 2. The molecule has 34 heavy (non-hydrogen) atoms. The molecule has 0 saturated carbocycles. The molecule has 1 N–H and O–H groups in total. The number of hydrogen-bond acceptors (Lipinski definition) is 2. The van der Waals surface area contributed by atoms with E-state index in [4.69, 9.17) is 4.98 Å². The highest BCUT2D eigenvalue weighted by molar-refractivity contribution is 9.10. The third kappa shape index (κ3) is 8.57. The summed E-state index contributed by atoms with van der Waals surface area (Å²) in [4.78, 5) is 17.3. The molecule has 0 aliphatic carbocycles. The van der Waals surface area contributed by atoms with Gasteiger partial charge in [-0.05, 0) is 43.2 Å². The second kappa shape index (κ2) is 15.0. The van der Waals surface area contributed by atoms with Crippen LogP contribution in [0.1, 0.15) is 93.7 Å². The van der Waals surface area contributed by atoms with E-state index in [0.29, 0.717) is 12.1 Å². The topological polar surface area (TPSA) is 46.9 Å². The summed E-state index contributed by atoms with van der Waals surface area (Å²) in [6, 6.07) is 15.9. The number of carbonyl (C=O) groups is 1. The van der Waals surface area contributed by atoms with Crippen LogP contribution in [0.3, 0.4) is 0 Å². The highest BCUT2D eigenvalue weighted by Gasteiger charge is 2.11. The number of aryl methyl sites for hydroxylation is 2. The minimum absolute atomic E-state index is 0.0276. The molecule has 1 heterocycles. The second-order valence-electron chi connectivity index (χ2n) is 9.22. The number of halogens is 1. The lowest BCUT2D eigenvalue weighted by Gasteiger charge is -2.10. The maximum absolute atomic E-state index is 12.4. The van der Waals surface area contributed by atoms with Crippen LogP contribution in [-0.2, 0) is 13.0 Å². The van der Waals surface area contributed by atoms with E-state index < -0.39 is 0 Å². The molecule has 0 aliphatic rings. The van der Waals surface area contributed by atoms with Gasteiger partial charge in [-0.15, -0.1) is 0 Å². The Bertz CT molecular complexity index is 1010. The highest BCUT2D eigenvalue weighted by Crippen LogP contribution is 2.19. The molecule has 0 atom stereocenters. The Balaban J connectivity index is 1.43. The van der Waals surface area contributed by atoms with Crippen molar-refractivity contribution in [2.45, 2.75) is 90.5 Å². The van der Waals surface area contributed by atoms with E-state index in [-0.39, 0.29) is 5.91 Å². The Hall–Kier alpha value is -2.14. The van der Waals surface area contributed by atoms with Crippen LogP contribution < -0.4 is 5.32 Å². The number of nitrogens with one attached hydrogen (secondary N) is 1. The molecule has 3 aromatic rings. The van der Waals surface area contributed by atoms with Crippen molar-refractivity contribution in [3.63, 3.8) is 0 Å².